The van der Waals surface area contributed by atoms with Crippen molar-refractivity contribution in [1.82, 2.24) is 15.6 Å². The molecule has 33 heavy (non-hydrogen) atoms. The number of anilines is 3. The Hall–Kier alpha value is -3.30. The smallest absolute Gasteiger partial charge is 0.357 e. The number of amides is 2. The van der Waals surface area contributed by atoms with Crippen LogP contribution in [0.1, 0.15) is 24.8 Å². The summed E-state index contributed by atoms with van der Waals surface area (Å²) < 4.78 is 38.5. The minimum atomic E-state index is -4.12. The first-order valence-electron chi connectivity index (χ1n) is 11.0. The van der Waals surface area contributed by atoms with Crippen LogP contribution in [0.15, 0.2) is 42.6 Å². The third-order valence-corrected chi connectivity index (χ3v) is 6.09. The van der Waals surface area contributed by atoms with Crippen LogP contribution in [0.5, 0.6) is 0 Å². The zero-order valence-corrected chi connectivity index (χ0v) is 18.0. The van der Waals surface area contributed by atoms with E-state index in [1.54, 1.807) is 6.20 Å². The van der Waals surface area contributed by atoms with Crippen molar-refractivity contribution in [3.8, 4) is 0 Å². The summed E-state index contributed by atoms with van der Waals surface area (Å²) in [5.41, 5.74) is 2.54. The maximum Gasteiger partial charge on any atom is 0.391 e. The molecule has 1 aromatic carbocycles. The van der Waals surface area contributed by atoms with Gasteiger partial charge in [0.1, 0.15) is 5.82 Å². The van der Waals surface area contributed by atoms with Gasteiger partial charge < -0.3 is 20.9 Å². The summed E-state index contributed by atoms with van der Waals surface area (Å²) in [6, 6.07) is 11.2. The molecule has 2 aliphatic heterocycles. The van der Waals surface area contributed by atoms with Crippen molar-refractivity contribution in [2.45, 2.75) is 32.0 Å². The fourth-order valence-electron chi connectivity index (χ4n) is 4.08. The Morgan fingerprint density at radius 3 is 2.36 bits per heavy atom. The summed E-state index contributed by atoms with van der Waals surface area (Å²) >= 11 is 0. The van der Waals surface area contributed by atoms with E-state index in [2.05, 4.69) is 20.9 Å². The van der Waals surface area contributed by atoms with E-state index in [9.17, 15) is 22.8 Å². The van der Waals surface area contributed by atoms with Gasteiger partial charge in [-0.2, -0.15) is 13.2 Å². The Balaban J connectivity index is 1.25. The Kier molecular flexibility index (Phi) is 6.71. The zero-order valence-electron chi connectivity index (χ0n) is 18.0. The molecule has 3 heterocycles. The Morgan fingerprint density at radius 1 is 1.09 bits per heavy atom. The molecule has 1 aromatic heterocycles. The van der Waals surface area contributed by atoms with Gasteiger partial charge in [0.2, 0.25) is 11.8 Å². The molecule has 0 radical (unpaired) electrons. The molecule has 176 valence electrons. The summed E-state index contributed by atoms with van der Waals surface area (Å²) in [5, 5.41) is 8.74. The highest BCUT2D eigenvalue weighted by molar-refractivity contribution is 5.89. The first kappa shape index (κ1) is 22.9. The maximum absolute atomic E-state index is 12.8. The van der Waals surface area contributed by atoms with Crippen LogP contribution in [-0.4, -0.2) is 42.6 Å². The van der Waals surface area contributed by atoms with Crippen LogP contribution in [0.3, 0.4) is 0 Å². The maximum atomic E-state index is 12.8. The Labute approximate surface area is 189 Å². The van der Waals surface area contributed by atoms with Gasteiger partial charge in [0.05, 0.1) is 23.7 Å². The number of piperidine rings is 1. The summed E-state index contributed by atoms with van der Waals surface area (Å²) in [6.07, 6.45) is -2.05. The molecule has 2 aromatic rings. The lowest BCUT2D eigenvalue weighted by molar-refractivity contribution is -0.179. The second-order valence-electron chi connectivity index (χ2n) is 8.45. The molecular formula is C23H26F3N5O2. The fourth-order valence-corrected chi connectivity index (χ4v) is 4.08. The number of hydrogen-bond acceptors (Lipinski definition) is 5. The molecule has 0 bridgehead atoms. The summed E-state index contributed by atoms with van der Waals surface area (Å²) in [6.45, 7) is 1.45. The highest BCUT2D eigenvalue weighted by Gasteiger charge is 2.41. The molecule has 2 aliphatic rings. The third-order valence-electron chi connectivity index (χ3n) is 6.09. The van der Waals surface area contributed by atoms with Crippen molar-refractivity contribution in [3.05, 3.63) is 48.2 Å². The standard InChI is InChI=1S/C23H26F3N5O2/c24-23(25,26)17-7-9-31(10-8-17)20-6-5-19(14-27-20)30-18-3-1-15(2-4-18)12-29-22(33)16-11-21(32)28-13-16/h1-6,14,16-17,30H,7-13H2,(H,28,32)(H,29,33). The van der Waals surface area contributed by atoms with Crippen LogP contribution in [0.4, 0.5) is 30.4 Å². The number of aromatic nitrogens is 1. The molecule has 2 fully saturated rings. The van der Waals surface area contributed by atoms with Gasteiger partial charge >= 0.3 is 6.18 Å². The molecule has 0 spiro atoms. The lowest BCUT2D eigenvalue weighted by Gasteiger charge is -2.33. The van der Waals surface area contributed by atoms with E-state index < -0.39 is 12.1 Å². The first-order valence-corrected chi connectivity index (χ1v) is 11.0. The fraction of sp³-hybridized carbons (Fsp3) is 0.435. The SMILES string of the molecule is O=C1CC(C(=O)NCc2ccc(Nc3ccc(N4CCC(C(F)(F)F)CC4)nc3)cc2)CN1. The van der Waals surface area contributed by atoms with Gasteiger partial charge in [-0.15, -0.1) is 0 Å². The number of pyridine rings is 1. The van der Waals surface area contributed by atoms with Crippen LogP contribution in [0.2, 0.25) is 0 Å². The average Bonchev–Trinajstić information content (AvgIpc) is 3.25. The van der Waals surface area contributed by atoms with Crippen LogP contribution in [-0.2, 0) is 16.1 Å². The van der Waals surface area contributed by atoms with E-state index in [1.807, 2.05) is 41.3 Å². The normalized spacial score (nSPS) is 19.3. The van der Waals surface area contributed by atoms with Gasteiger partial charge in [0, 0.05) is 38.3 Å². The van der Waals surface area contributed by atoms with E-state index in [4.69, 9.17) is 0 Å². The van der Waals surface area contributed by atoms with Crippen molar-refractivity contribution in [3.63, 3.8) is 0 Å². The van der Waals surface area contributed by atoms with Gasteiger partial charge in [0.15, 0.2) is 0 Å². The van der Waals surface area contributed by atoms with Crippen LogP contribution < -0.4 is 20.9 Å². The summed E-state index contributed by atoms with van der Waals surface area (Å²) in [4.78, 5) is 29.6. The number of halogens is 3. The molecule has 3 N–H and O–H groups in total. The number of carbonyl (C=O) groups is 2. The van der Waals surface area contributed by atoms with E-state index in [-0.39, 0.29) is 37.0 Å². The average molecular weight is 461 g/mol. The summed E-state index contributed by atoms with van der Waals surface area (Å²) in [5.74, 6) is -1.10. The zero-order chi connectivity index (χ0) is 23.4. The monoisotopic (exact) mass is 461 g/mol. The van der Waals surface area contributed by atoms with Gasteiger partial charge in [-0.1, -0.05) is 12.1 Å². The predicted molar refractivity (Wildman–Crippen MR) is 118 cm³/mol. The molecule has 1 unspecified atom stereocenters. The quantitative estimate of drug-likeness (QED) is 0.614. The molecule has 4 rings (SSSR count). The van der Waals surface area contributed by atoms with Gasteiger partial charge in [0.25, 0.3) is 0 Å². The number of nitrogens with one attached hydrogen (secondary N) is 3. The van der Waals surface area contributed by atoms with E-state index >= 15 is 0 Å². The van der Waals surface area contributed by atoms with E-state index in [0.717, 1.165) is 16.9 Å². The third kappa shape index (κ3) is 5.94. The minimum Gasteiger partial charge on any atom is -0.357 e. The molecule has 2 amide bonds. The van der Waals surface area contributed by atoms with Crippen LogP contribution >= 0.6 is 0 Å². The van der Waals surface area contributed by atoms with Crippen molar-refractivity contribution in [1.29, 1.82) is 0 Å². The molecule has 1 atom stereocenters. The Morgan fingerprint density at radius 2 is 1.79 bits per heavy atom. The van der Waals surface area contributed by atoms with Crippen LogP contribution in [0.25, 0.3) is 0 Å². The lowest BCUT2D eigenvalue weighted by Crippen LogP contribution is -2.39. The minimum absolute atomic E-state index is 0.0909. The van der Waals surface area contributed by atoms with Gasteiger partial charge in [-0.25, -0.2) is 4.98 Å². The Bertz CT molecular complexity index is 971. The highest BCUT2D eigenvalue weighted by atomic mass is 19.4. The first-order chi connectivity index (χ1) is 15.8. The number of alkyl halides is 3. The summed E-state index contributed by atoms with van der Waals surface area (Å²) in [7, 11) is 0. The topological polar surface area (TPSA) is 86.4 Å². The molecule has 7 nitrogen and oxygen atoms in total. The van der Waals surface area contributed by atoms with Crippen molar-refractivity contribution < 1.29 is 22.8 Å². The van der Waals surface area contributed by atoms with Gasteiger partial charge in [-0.05, 0) is 42.7 Å². The lowest BCUT2D eigenvalue weighted by atomic mass is 9.96. The van der Waals surface area contributed by atoms with Gasteiger partial charge in [-0.3, -0.25) is 9.59 Å². The van der Waals surface area contributed by atoms with E-state index in [1.165, 1.54) is 0 Å². The second-order valence-corrected chi connectivity index (χ2v) is 8.45. The molecule has 2 saturated heterocycles. The number of benzene rings is 1. The molecule has 0 aliphatic carbocycles. The largest absolute Gasteiger partial charge is 0.391 e. The number of rotatable bonds is 6. The number of nitrogens with zero attached hydrogens (tertiary/aromatic N) is 2. The molecular weight excluding hydrogens is 435 g/mol. The van der Waals surface area contributed by atoms with Crippen LogP contribution in [0, 0.1) is 11.8 Å². The van der Waals surface area contributed by atoms with Crippen molar-refractivity contribution in [2.75, 3.05) is 29.9 Å². The molecule has 10 heteroatoms. The second kappa shape index (κ2) is 9.68. The molecule has 0 saturated carbocycles. The van der Waals surface area contributed by atoms with E-state index in [0.29, 0.717) is 32.0 Å². The number of hydrogen-bond donors (Lipinski definition) is 3. The van der Waals surface area contributed by atoms with Crippen molar-refractivity contribution in [2.24, 2.45) is 11.8 Å². The highest BCUT2D eigenvalue weighted by Crippen LogP contribution is 2.35. The van der Waals surface area contributed by atoms with Crippen molar-refractivity contribution >= 4 is 29.0 Å². The number of carbonyl (C=O) groups excluding carboxylic acids is 2. The predicted octanol–water partition coefficient (Wildman–Crippen LogP) is 3.36.